The van der Waals surface area contributed by atoms with Crippen LogP contribution < -0.4 is 11.1 Å². The van der Waals surface area contributed by atoms with Crippen molar-refractivity contribution in [2.24, 2.45) is 11.1 Å². The van der Waals surface area contributed by atoms with E-state index in [4.69, 9.17) is 15.2 Å². The molecule has 0 aliphatic carbocycles. The third-order valence-electron chi connectivity index (χ3n) is 2.53. The Labute approximate surface area is 120 Å². The third kappa shape index (κ3) is 15.3. The van der Waals surface area contributed by atoms with E-state index in [0.717, 1.165) is 19.4 Å². The van der Waals surface area contributed by atoms with Gasteiger partial charge in [-0.25, -0.2) is 0 Å². The number of carbonyl (C=O) groups excluding carboxylic acids is 1. The van der Waals surface area contributed by atoms with Gasteiger partial charge in [-0.2, -0.15) is 0 Å². The summed E-state index contributed by atoms with van der Waals surface area (Å²) in [5.74, 6) is 0.0526. The highest BCUT2D eigenvalue weighted by atomic mass is 16.5. The fourth-order valence-electron chi connectivity index (χ4n) is 1.51. The number of carbonyl (C=O) groups is 1. The average molecular weight is 278 g/mol. The SMILES string of the molecule is CC(C)(C)CCCNC(=O)CCOCCOCCN.[HH].[HH]. The van der Waals surface area contributed by atoms with Gasteiger partial charge in [0.25, 0.3) is 0 Å². The number of nitrogens with two attached hydrogens (primary N) is 1. The van der Waals surface area contributed by atoms with E-state index >= 15 is 0 Å². The van der Waals surface area contributed by atoms with Crippen molar-refractivity contribution in [1.29, 1.82) is 0 Å². The number of rotatable bonds is 11. The molecule has 0 fully saturated rings. The van der Waals surface area contributed by atoms with Crippen molar-refractivity contribution in [3.05, 3.63) is 0 Å². The monoisotopic (exact) mass is 278 g/mol. The number of hydrogen-bond acceptors (Lipinski definition) is 4. The Hall–Kier alpha value is -0.650. The van der Waals surface area contributed by atoms with Crippen LogP contribution in [0.4, 0.5) is 0 Å². The summed E-state index contributed by atoms with van der Waals surface area (Å²) in [7, 11) is 0. The molecule has 0 aromatic rings. The van der Waals surface area contributed by atoms with Gasteiger partial charge < -0.3 is 20.5 Å². The molecular formula is C14H34N2O3. The largest absolute Gasteiger partial charge is 0.379 e. The van der Waals surface area contributed by atoms with Gasteiger partial charge in [0.15, 0.2) is 0 Å². The summed E-state index contributed by atoms with van der Waals surface area (Å²) in [4.78, 5) is 11.5. The highest BCUT2D eigenvalue weighted by molar-refractivity contribution is 5.75. The standard InChI is InChI=1S/C14H30N2O3.2H2/c1-14(2,3)6-4-8-16-13(17)5-9-18-11-12-19-10-7-15;;/h4-12,15H2,1-3H3,(H,16,17);2*1H. The summed E-state index contributed by atoms with van der Waals surface area (Å²) in [5.41, 5.74) is 5.61. The van der Waals surface area contributed by atoms with Crippen LogP contribution in [-0.2, 0) is 14.3 Å². The van der Waals surface area contributed by atoms with Crippen molar-refractivity contribution in [1.82, 2.24) is 5.32 Å². The lowest BCUT2D eigenvalue weighted by atomic mass is 9.91. The van der Waals surface area contributed by atoms with E-state index in [0.29, 0.717) is 44.8 Å². The maximum Gasteiger partial charge on any atom is 0.222 e. The summed E-state index contributed by atoms with van der Waals surface area (Å²) in [6, 6.07) is 0. The van der Waals surface area contributed by atoms with Crippen molar-refractivity contribution in [2.75, 3.05) is 39.5 Å². The lowest BCUT2D eigenvalue weighted by Gasteiger charge is -2.17. The summed E-state index contributed by atoms with van der Waals surface area (Å²) < 4.78 is 10.4. The molecule has 0 heterocycles. The van der Waals surface area contributed by atoms with Crippen LogP contribution in [0.1, 0.15) is 42.9 Å². The molecule has 0 unspecified atom stereocenters. The van der Waals surface area contributed by atoms with Crippen LogP contribution in [0.2, 0.25) is 0 Å². The van der Waals surface area contributed by atoms with Gasteiger partial charge in [-0.3, -0.25) is 4.79 Å². The molecule has 19 heavy (non-hydrogen) atoms. The first kappa shape index (κ1) is 18.4. The molecule has 0 aromatic carbocycles. The Morgan fingerprint density at radius 1 is 1.16 bits per heavy atom. The molecule has 0 atom stereocenters. The lowest BCUT2D eigenvalue weighted by molar-refractivity contribution is -0.122. The number of amides is 1. The van der Waals surface area contributed by atoms with Crippen molar-refractivity contribution >= 4 is 5.91 Å². The Morgan fingerprint density at radius 2 is 1.79 bits per heavy atom. The Balaban J connectivity index is -0.00000162. The zero-order chi connectivity index (χ0) is 14.6. The first-order chi connectivity index (χ1) is 8.95. The lowest BCUT2D eigenvalue weighted by Crippen LogP contribution is -2.26. The van der Waals surface area contributed by atoms with Crippen LogP contribution in [0.25, 0.3) is 0 Å². The highest BCUT2D eigenvalue weighted by Gasteiger charge is 2.09. The quantitative estimate of drug-likeness (QED) is 0.565. The van der Waals surface area contributed by atoms with E-state index in [9.17, 15) is 4.79 Å². The first-order valence-electron chi connectivity index (χ1n) is 7.08. The minimum atomic E-state index is 0. The summed E-state index contributed by atoms with van der Waals surface area (Å²) >= 11 is 0. The molecule has 118 valence electrons. The normalized spacial score (nSPS) is 11.6. The Kier molecular flexibility index (Phi) is 10.8. The highest BCUT2D eigenvalue weighted by Crippen LogP contribution is 2.19. The van der Waals surface area contributed by atoms with Gasteiger partial charge in [0.1, 0.15) is 0 Å². The maximum absolute atomic E-state index is 11.5. The topological polar surface area (TPSA) is 73.6 Å². The van der Waals surface area contributed by atoms with E-state index in [1.54, 1.807) is 0 Å². The molecule has 0 saturated heterocycles. The number of hydrogen-bond donors (Lipinski definition) is 2. The molecular weight excluding hydrogens is 244 g/mol. The summed E-state index contributed by atoms with van der Waals surface area (Å²) in [6.07, 6.45) is 2.54. The van der Waals surface area contributed by atoms with Crippen molar-refractivity contribution in [3.63, 3.8) is 0 Å². The van der Waals surface area contributed by atoms with E-state index in [1.807, 2.05) is 0 Å². The smallest absolute Gasteiger partial charge is 0.222 e. The first-order valence-corrected chi connectivity index (χ1v) is 7.08. The zero-order valence-electron chi connectivity index (χ0n) is 12.7. The van der Waals surface area contributed by atoms with Gasteiger partial charge in [-0.15, -0.1) is 0 Å². The average Bonchev–Trinajstić information content (AvgIpc) is 2.32. The Morgan fingerprint density at radius 3 is 2.37 bits per heavy atom. The second-order valence-corrected chi connectivity index (χ2v) is 5.78. The predicted molar refractivity (Wildman–Crippen MR) is 81.2 cm³/mol. The van der Waals surface area contributed by atoms with Crippen LogP contribution >= 0.6 is 0 Å². The summed E-state index contributed by atoms with van der Waals surface area (Å²) in [5, 5.41) is 2.90. The molecule has 0 radical (unpaired) electrons. The van der Waals surface area contributed by atoms with E-state index in [1.165, 1.54) is 0 Å². The molecule has 5 heteroatoms. The number of ether oxygens (including phenoxy) is 2. The van der Waals surface area contributed by atoms with Gasteiger partial charge in [0.05, 0.1) is 26.4 Å². The predicted octanol–water partition coefficient (Wildman–Crippen LogP) is 1.80. The second-order valence-electron chi connectivity index (χ2n) is 5.78. The second kappa shape index (κ2) is 11.2. The van der Waals surface area contributed by atoms with Gasteiger partial charge in [0.2, 0.25) is 5.91 Å². The fraction of sp³-hybridized carbons (Fsp3) is 0.929. The van der Waals surface area contributed by atoms with Crippen LogP contribution in [0.15, 0.2) is 0 Å². The molecule has 0 saturated carbocycles. The minimum absolute atomic E-state index is 0. The molecule has 5 nitrogen and oxygen atoms in total. The third-order valence-corrected chi connectivity index (χ3v) is 2.53. The molecule has 0 aliphatic rings. The number of nitrogens with one attached hydrogen (secondary N) is 1. The van der Waals surface area contributed by atoms with Gasteiger partial charge >= 0.3 is 0 Å². The molecule has 0 aromatic heterocycles. The zero-order valence-corrected chi connectivity index (χ0v) is 12.7. The molecule has 0 aliphatic heterocycles. The molecule has 0 rings (SSSR count). The van der Waals surface area contributed by atoms with Crippen molar-refractivity contribution < 1.29 is 17.1 Å². The van der Waals surface area contributed by atoms with Crippen molar-refractivity contribution in [2.45, 2.75) is 40.0 Å². The van der Waals surface area contributed by atoms with Gasteiger partial charge in [-0.05, 0) is 18.3 Å². The molecule has 0 spiro atoms. The van der Waals surface area contributed by atoms with Crippen LogP contribution in [0.3, 0.4) is 0 Å². The van der Waals surface area contributed by atoms with Crippen molar-refractivity contribution in [3.8, 4) is 0 Å². The van der Waals surface area contributed by atoms with Crippen LogP contribution in [0, 0.1) is 5.41 Å². The Bertz CT molecular complexity index is 237. The maximum atomic E-state index is 11.5. The van der Waals surface area contributed by atoms with E-state index in [-0.39, 0.29) is 8.76 Å². The van der Waals surface area contributed by atoms with Crippen LogP contribution in [-0.4, -0.2) is 45.4 Å². The van der Waals surface area contributed by atoms with Crippen LogP contribution in [0.5, 0.6) is 0 Å². The van der Waals surface area contributed by atoms with Gasteiger partial charge in [-0.1, -0.05) is 20.8 Å². The minimum Gasteiger partial charge on any atom is -0.379 e. The van der Waals surface area contributed by atoms with E-state index in [2.05, 4.69) is 26.1 Å². The molecule has 1 amide bonds. The summed E-state index contributed by atoms with van der Waals surface area (Å²) in [6.45, 7) is 9.92. The molecule has 3 N–H and O–H groups in total. The van der Waals surface area contributed by atoms with E-state index < -0.39 is 0 Å². The van der Waals surface area contributed by atoms with Gasteiger partial charge in [0, 0.05) is 22.4 Å². The fourth-order valence-corrected chi connectivity index (χ4v) is 1.51. The molecule has 0 bridgehead atoms.